The summed E-state index contributed by atoms with van der Waals surface area (Å²) >= 11 is 3.54. The number of fused-ring (bicyclic) bond motifs is 9. The fraction of sp³-hybridized carbons (Fsp3) is 0. The predicted octanol–water partition coefficient (Wildman–Crippen LogP) is 13.6. The first-order valence-corrected chi connectivity index (χ1v) is 20.3. The molecule has 0 N–H and O–H groups in total. The molecular formula is C49H27N5OS2. The Hall–Kier alpha value is -7.13. The first-order chi connectivity index (χ1) is 28.2. The summed E-state index contributed by atoms with van der Waals surface area (Å²) in [5, 5.41) is 5.58. The summed E-state index contributed by atoms with van der Waals surface area (Å²) in [6.45, 7) is 0. The van der Waals surface area contributed by atoms with E-state index in [0.717, 1.165) is 70.2 Å². The number of aromatic nitrogens is 5. The molecule has 6 nitrogen and oxygen atoms in total. The highest BCUT2D eigenvalue weighted by Crippen LogP contribution is 2.43. The number of hydrogen-bond acceptors (Lipinski definition) is 8. The molecule has 0 aliphatic heterocycles. The van der Waals surface area contributed by atoms with Crippen LogP contribution >= 0.6 is 22.7 Å². The molecule has 12 aromatic rings. The van der Waals surface area contributed by atoms with Crippen molar-refractivity contribution >= 4 is 85.1 Å². The van der Waals surface area contributed by atoms with Gasteiger partial charge in [-0.3, -0.25) is 0 Å². The highest BCUT2D eigenvalue weighted by molar-refractivity contribution is 7.26. The molecule has 0 spiro atoms. The van der Waals surface area contributed by atoms with Crippen LogP contribution in [0.4, 0.5) is 0 Å². The van der Waals surface area contributed by atoms with Crippen LogP contribution in [0.5, 0.6) is 0 Å². The molecule has 0 aliphatic carbocycles. The van der Waals surface area contributed by atoms with Crippen LogP contribution in [-0.2, 0) is 0 Å². The fourth-order valence-corrected chi connectivity index (χ4v) is 10.3. The standard InChI is InChI=1S/C49H27N5OS2/c1-3-13-28(14-4-1)43-45-44(31-17-7-9-21-36(31)55-45)51-47(50-43)30-25-26-33-40(27-30)57-39-24-12-20-35(42(33)39)49-53-46(29-15-5-2-6-16-29)52-48(54-49)34-19-11-23-38-41(34)32-18-8-10-22-37(32)56-38/h1-27H. The van der Waals surface area contributed by atoms with Gasteiger partial charge in [-0.2, -0.15) is 0 Å². The third kappa shape index (κ3) is 5.19. The molecule has 0 amide bonds. The van der Waals surface area contributed by atoms with E-state index in [4.69, 9.17) is 29.3 Å². The van der Waals surface area contributed by atoms with Crippen LogP contribution in [0, 0.1) is 0 Å². The Morgan fingerprint density at radius 2 is 0.930 bits per heavy atom. The molecule has 0 radical (unpaired) electrons. The Balaban J connectivity index is 1.05. The van der Waals surface area contributed by atoms with Gasteiger partial charge < -0.3 is 4.42 Å². The Bertz CT molecular complexity index is 3540. The van der Waals surface area contributed by atoms with E-state index in [1.165, 1.54) is 20.2 Å². The molecule has 5 heterocycles. The third-order valence-corrected chi connectivity index (χ3v) is 12.8. The van der Waals surface area contributed by atoms with Crippen LogP contribution < -0.4 is 0 Å². The van der Waals surface area contributed by atoms with Crippen molar-refractivity contribution in [3.63, 3.8) is 0 Å². The fourth-order valence-electron chi connectivity index (χ4n) is 7.96. The number of benzene rings is 7. The van der Waals surface area contributed by atoms with Gasteiger partial charge in [0, 0.05) is 73.5 Å². The van der Waals surface area contributed by atoms with Crippen LogP contribution in [0.25, 0.3) is 119 Å². The van der Waals surface area contributed by atoms with E-state index in [9.17, 15) is 0 Å². The Labute approximate surface area is 333 Å². The van der Waals surface area contributed by atoms with Gasteiger partial charge in [0.1, 0.15) is 16.8 Å². The van der Waals surface area contributed by atoms with Crippen molar-refractivity contribution in [1.82, 2.24) is 24.9 Å². The second-order valence-corrected chi connectivity index (χ2v) is 16.1. The number of rotatable bonds is 5. The minimum absolute atomic E-state index is 0.637. The maximum absolute atomic E-state index is 6.36. The second-order valence-electron chi connectivity index (χ2n) is 14.0. The van der Waals surface area contributed by atoms with E-state index in [0.29, 0.717) is 28.9 Å². The van der Waals surface area contributed by atoms with E-state index >= 15 is 0 Å². The molecular weight excluding hydrogens is 739 g/mol. The smallest absolute Gasteiger partial charge is 0.180 e. The summed E-state index contributed by atoms with van der Waals surface area (Å²) in [5.41, 5.74) is 7.87. The summed E-state index contributed by atoms with van der Waals surface area (Å²) in [6.07, 6.45) is 0. The largest absolute Gasteiger partial charge is 0.452 e. The zero-order valence-corrected chi connectivity index (χ0v) is 31.7. The minimum atomic E-state index is 0.637. The van der Waals surface area contributed by atoms with Crippen molar-refractivity contribution in [2.24, 2.45) is 0 Å². The number of nitrogens with zero attached hydrogens (tertiary/aromatic N) is 5. The molecule has 0 atom stereocenters. The summed E-state index contributed by atoms with van der Waals surface area (Å²) < 4.78 is 11.1. The topological polar surface area (TPSA) is 77.6 Å². The number of para-hydroxylation sites is 1. The molecule has 8 heteroatoms. The number of thiophene rings is 2. The SMILES string of the molecule is c1ccc(-c2nc(-c3cccc4sc5ccccc5c34)nc(-c3cccc4sc5cc(-c6nc(-c7ccccc7)c7oc8ccccc8c7n6)ccc5c34)n2)cc1. The van der Waals surface area contributed by atoms with Crippen molar-refractivity contribution in [3.8, 4) is 56.8 Å². The minimum Gasteiger partial charge on any atom is -0.452 e. The second kappa shape index (κ2) is 12.7. The van der Waals surface area contributed by atoms with Gasteiger partial charge in [-0.15, -0.1) is 22.7 Å². The zero-order chi connectivity index (χ0) is 37.5. The lowest BCUT2D eigenvalue weighted by atomic mass is 10.0. The monoisotopic (exact) mass is 765 g/mol. The Morgan fingerprint density at radius 1 is 0.368 bits per heavy atom. The number of hydrogen-bond donors (Lipinski definition) is 0. The van der Waals surface area contributed by atoms with Crippen LogP contribution in [0.3, 0.4) is 0 Å². The van der Waals surface area contributed by atoms with Crippen LogP contribution in [0.2, 0.25) is 0 Å². The van der Waals surface area contributed by atoms with E-state index < -0.39 is 0 Å². The molecule has 0 fully saturated rings. The highest BCUT2D eigenvalue weighted by atomic mass is 32.1. The van der Waals surface area contributed by atoms with Crippen molar-refractivity contribution in [2.75, 3.05) is 0 Å². The Kier molecular flexibility index (Phi) is 7.17. The van der Waals surface area contributed by atoms with Crippen molar-refractivity contribution < 1.29 is 4.42 Å². The molecule has 0 aliphatic rings. The predicted molar refractivity (Wildman–Crippen MR) is 236 cm³/mol. The summed E-state index contributed by atoms with van der Waals surface area (Å²) in [5.74, 6) is 2.58. The quantitative estimate of drug-likeness (QED) is 0.174. The van der Waals surface area contributed by atoms with E-state index in [1.54, 1.807) is 22.7 Å². The zero-order valence-electron chi connectivity index (χ0n) is 30.0. The normalized spacial score (nSPS) is 11.9. The van der Waals surface area contributed by atoms with Crippen LogP contribution in [0.15, 0.2) is 168 Å². The molecule has 12 rings (SSSR count). The lowest BCUT2D eigenvalue weighted by Crippen LogP contribution is -2.00. The van der Waals surface area contributed by atoms with Gasteiger partial charge in [0.25, 0.3) is 0 Å². The van der Waals surface area contributed by atoms with Crippen molar-refractivity contribution in [2.45, 2.75) is 0 Å². The van der Waals surface area contributed by atoms with E-state index in [2.05, 4.69) is 109 Å². The van der Waals surface area contributed by atoms with Gasteiger partial charge in [0.05, 0.1) is 0 Å². The third-order valence-electron chi connectivity index (χ3n) is 10.6. The highest BCUT2D eigenvalue weighted by Gasteiger charge is 2.21. The Morgan fingerprint density at radius 3 is 1.67 bits per heavy atom. The molecule has 7 aromatic carbocycles. The summed E-state index contributed by atoms with van der Waals surface area (Å²) in [6, 6.07) is 56.3. The average molecular weight is 766 g/mol. The van der Waals surface area contributed by atoms with Crippen molar-refractivity contribution in [1.29, 1.82) is 0 Å². The van der Waals surface area contributed by atoms with Crippen molar-refractivity contribution in [3.05, 3.63) is 164 Å². The van der Waals surface area contributed by atoms with Gasteiger partial charge in [0.15, 0.2) is 28.9 Å². The first kappa shape index (κ1) is 32.1. The van der Waals surface area contributed by atoms with Gasteiger partial charge >= 0.3 is 0 Å². The lowest BCUT2D eigenvalue weighted by Gasteiger charge is -2.10. The lowest BCUT2D eigenvalue weighted by molar-refractivity contribution is 0.667. The molecule has 266 valence electrons. The maximum Gasteiger partial charge on any atom is 0.180 e. The molecule has 0 unspecified atom stereocenters. The average Bonchev–Trinajstić information content (AvgIpc) is 3.97. The molecule has 5 aromatic heterocycles. The molecule has 57 heavy (non-hydrogen) atoms. The van der Waals surface area contributed by atoms with E-state index in [1.807, 2.05) is 54.6 Å². The van der Waals surface area contributed by atoms with Gasteiger partial charge in [-0.25, -0.2) is 24.9 Å². The van der Waals surface area contributed by atoms with Gasteiger partial charge in [-0.1, -0.05) is 127 Å². The molecule has 0 saturated carbocycles. The number of furan rings is 1. The van der Waals surface area contributed by atoms with E-state index in [-0.39, 0.29) is 0 Å². The maximum atomic E-state index is 6.36. The van der Waals surface area contributed by atoms with Gasteiger partial charge in [0.2, 0.25) is 0 Å². The first-order valence-electron chi connectivity index (χ1n) is 18.7. The molecule has 0 bridgehead atoms. The van der Waals surface area contributed by atoms with Crippen LogP contribution in [-0.4, -0.2) is 24.9 Å². The van der Waals surface area contributed by atoms with Crippen LogP contribution in [0.1, 0.15) is 0 Å². The molecule has 0 saturated heterocycles. The summed E-state index contributed by atoms with van der Waals surface area (Å²) in [4.78, 5) is 25.9. The summed E-state index contributed by atoms with van der Waals surface area (Å²) in [7, 11) is 0. The van der Waals surface area contributed by atoms with Gasteiger partial charge in [-0.05, 0) is 36.4 Å².